The monoisotopic (exact) mass is 267 g/mol. The van der Waals surface area contributed by atoms with E-state index in [0.29, 0.717) is 6.54 Å². The number of carbonyl (C=O) groups excluding carboxylic acids is 1. The summed E-state index contributed by atoms with van der Waals surface area (Å²) in [7, 11) is 0. The fourth-order valence-corrected chi connectivity index (χ4v) is 2.02. The van der Waals surface area contributed by atoms with Crippen LogP contribution in [0.4, 0.5) is 0 Å². The molecule has 0 aromatic carbocycles. The van der Waals surface area contributed by atoms with Crippen molar-refractivity contribution in [2.24, 2.45) is 0 Å². The molecule has 1 aliphatic rings. The highest BCUT2D eigenvalue weighted by Crippen LogP contribution is 2.20. The summed E-state index contributed by atoms with van der Waals surface area (Å²) < 4.78 is 1.42. The van der Waals surface area contributed by atoms with Crippen molar-refractivity contribution in [2.75, 3.05) is 12.0 Å². The Kier molecular flexibility index (Phi) is 4.97. The standard InChI is InChI=1S/C11H15N3O3.C2H6/c1-3-8-12-14-6-5-7(15)10(16)9(14)11(17)13(8)4-2;1-2/h5-6,8,12,16H,3-4H2,1-2H3;1-2H3/t8-;/m0./s1. The van der Waals surface area contributed by atoms with Crippen LogP contribution in [0.25, 0.3) is 0 Å². The molecule has 0 spiro atoms. The number of carbonyl (C=O) groups is 1. The van der Waals surface area contributed by atoms with Gasteiger partial charge in [-0.2, -0.15) is 0 Å². The van der Waals surface area contributed by atoms with E-state index >= 15 is 0 Å². The van der Waals surface area contributed by atoms with Gasteiger partial charge in [-0.3, -0.25) is 14.3 Å². The van der Waals surface area contributed by atoms with Crippen LogP contribution in [0.2, 0.25) is 0 Å². The molecule has 0 saturated carbocycles. The van der Waals surface area contributed by atoms with Gasteiger partial charge in [0.2, 0.25) is 5.43 Å². The van der Waals surface area contributed by atoms with Gasteiger partial charge in [0.1, 0.15) is 6.17 Å². The van der Waals surface area contributed by atoms with Crippen LogP contribution in [0.3, 0.4) is 0 Å². The molecular weight excluding hydrogens is 246 g/mol. The van der Waals surface area contributed by atoms with Crippen LogP contribution >= 0.6 is 0 Å². The van der Waals surface area contributed by atoms with Crippen LogP contribution in [-0.2, 0) is 0 Å². The van der Waals surface area contributed by atoms with E-state index in [-0.39, 0.29) is 17.8 Å². The Morgan fingerprint density at radius 1 is 1.32 bits per heavy atom. The summed E-state index contributed by atoms with van der Waals surface area (Å²) in [6, 6.07) is 1.23. The number of hydrogen-bond acceptors (Lipinski definition) is 4. The molecule has 1 amide bonds. The summed E-state index contributed by atoms with van der Waals surface area (Å²) >= 11 is 0. The summed E-state index contributed by atoms with van der Waals surface area (Å²) in [4.78, 5) is 25.1. The van der Waals surface area contributed by atoms with Gasteiger partial charge in [-0.15, -0.1) is 0 Å². The number of aromatic hydroxyl groups is 1. The fraction of sp³-hybridized carbons (Fsp3) is 0.538. The summed E-state index contributed by atoms with van der Waals surface area (Å²) in [6.07, 6.45) is 2.08. The van der Waals surface area contributed by atoms with E-state index in [0.717, 1.165) is 6.42 Å². The van der Waals surface area contributed by atoms with E-state index in [2.05, 4.69) is 5.43 Å². The van der Waals surface area contributed by atoms with Crippen molar-refractivity contribution in [3.63, 3.8) is 0 Å². The number of pyridine rings is 1. The Labute approximate surface area is 112 Å². The Morgan fingerprint density at radius 2 is 1.95 bits per heavy atom. The molecule has 0 saturated heterocycles. The molecule has 6 heteroatoms. The first-order valence-corrected chi connectivity index (χ1v) is 6.62. The van der Waals surface area contributed by atoms with Crippen molar-refractivity contribution < 1.29 is 9.90 Å². The van der Waals surface area contributed by atoms with Crippen molar-refractivity contribution in [3.05, 3.63) is 28.2 Å². The van der Waals surface area contributed by atoms with Crippen LogP contribution in [0.15, 0.2) is 17.1 Å². The molecule has 19 heavy (non-hydrogen) atoms. The zero-order valence-corrected chi connectivity index (χ0v) is 11.8. The van der Waals surface area contributed by atoms with Gasteiger partial charge in [0.05, 0.1) is 0 Å². The van der Waals surface area contributed by atoms with E-state index in [1.165, 1.54) is 16.9 Å². The number of fused-ring (bicyclic) bond motifs is 1. The maximum Gasteiger partial charge on any atom is 0.278 e. The minimum absolute atomic E-state index is 0.00375. The number of hydrogen-bond donors (Lipinski definition) is 2. The number of rotatable bonds is 2. The zero-order chi connectivity index (χ0) is 14.6. The maximum atomic E-state index is 12.2. The van der Waals surface area contributed by atoms with Gasteiger partial charge >= 0.3 is 0 Å². The van der Waals surface area contributed by atoms with Crippen molar-refractivity contribution in [1.82, 2.24) is 9.58 Å². The Morgan fingerprint density at radius 3 is 2.47 bits per heavy atom. The second-order valence-corrected chi connectivity index (χ2v) is 3.89. The number of amides is 1. The normalized spacial score (nSPS) is 17.2. The molecule has 1 aliphatic heterocycles. The van der Waals surface area contributed by atoms with Crippen LogP contribution in [-0.4, -0.2) is 33.3 Å². The van der Waals surface area contributed by atoms with Gasteiger partial charge in [-0.05, 0) is 13.3 Å². The van der Waals surface area contributed by atoms with E-state index in [1.54, 1.807) is 4.90 Å². The third-order valence-electron chi connectivity index (χ3n) is 2.93. The second-order valence-electron chi connectivity index (χ2n) is 3.89. The summed E-state index contributed by atoms with van der Waals surface area (Å²) in [5, 5.41) is 9.67. The SMILES string of the molecule is CC.CC[C@H]1Nn2ccc(=O)c(O)c2C(=O)N1CC. The van der Waals surface area contributed by atoms with Gasteiger partial charge < -0.3 is 15.4 Å². The molecule has 0 aliphatic carbocycles. The van der Waals surface area contributed by atoms with E-state index < -0.39 is 11.2 Å². The minimum Gasteiger partial charge on any atom is -0.502 e. The summed E-state index contributed by atoms with van der Waals surface area (Å²) in [6.45, 7) is 8.34. The third kappa shape index (κ3) is 2.57. The highest BCUT2D eigenvalue weighted by atomic mass is 16.3. The summed E-state index contributed by atoms with van der Waals surface area (Å²) in [5.41, 5.74) is 2.53. The smallest absolute Gasteiger partial charge is 0.278 e. The van der Waals surface area contributed by atoms with Crippen LogP contribution < -0.4 is 10.9 Å². The molecule has 1 atom stereocenters. The number of nitrogens with one attached hydrogen (secondary N) is 1. The van der Waals surface area contributed by atoms with Gasteiger partial charge in [0.25, 0.3) is 5.91 Å². The Balaban J connectivity index is 0.000000861. The van der Waals surface area contributed by atoms with Gasteiger partial charge in [0, 0.05) is 18.8 Å². The average Bonchev–Trinajstić information content (AvgIpc) is 2.44. The lowest BCUT2D eigenvalue weighted by Crippen LogP contribution is -2.53. The molecule has 0 fully saturated rings. The lowest BCUT2D eigenvalue weighted by atomic mass is 10.2. The van der Waals surface area contributed by atoms with Crippen molar-refractivity contribution >= 4 is 5.91 Å². The largest absolute Gasteiger partial charge is 0.502 e. The first-order chi connectivity index (χ1) is 9.10. The van der Waals surface area contributed by atoms with Gasteiger partial charge in [0.15, 0.2) is 11.4 Å². The fourth-order valence-electron chi connectivity index (χ4n) is 2.02. The van der Waals surface area contributed by atoms with E-state index in [1.807, 2.05) is 27.7 Å². The Hall–Kier alpha value is -1.98. The quantitative estimate of drug-likeness (QED) is 0.848. The van der Waals surface area contributed by atoms with Gasteiger partial charge in [-0.25, -0.2) is 0 Å². The average molecular weight is 267 g/mol. The lowest BCUT2D eigenvalue weighted by Gasteiger charge is -2.37. The molecule has 0 bridgehead atoms. The molecule has 6 nitrogen and oxygen atoms in total. The second kappa shape index (κ2) is 6.26. The number of aromatic nitrogens is 1. The first-order valence-electron chi connectivity index (χ1n) is 6.62. The van der Waals surface area contributed by atoms with Crippen LogP contribution in [0.1, 0.15) is 44.6 Å². The Bertz CT molecular complexity index is 510. The van der Waals surface area contributed by atoms with Crippen molar-refractivity contribution in [3.8, 4) is 5.75 Å². The predicted molar refractivity (Wildman–Crippen MR) is 73.9 cm³/mol. The van der Waals surface area contributed by atoms with Crippen LogP contribution in [0, 0.1) is 0 Å². The third-order valence-corrected chi connectivity index (χ3v) is 2.93. The molecule has 0 unspecified atom stereocenters. The lowest BCUT2D eigenvalue weighted by molar-refractivity contribution is 0.0642. The molecule has 1 aromatic heterocycles. The predicted octanol–water partition coefficient (Wildman–Crippen LogP) is 1.34. The highest BCUT2D eigenvalue weighted by molar-refractivity contribution is 5.96. The van der Waals surface area contributed by atoms with E-state index in [4.69, 9.17) is 0 Å². The molecule has 106 valence electrons. The van der Waals surface area contributed by atoms with E-state index in [9.17, 15) is 14.7 Å². The van der Waals surface area contributed by atoms with Gasteiger partial charge in [-0.1, -0.05) is 20.8 Å². The molecule has 2 N–H and O–H groups in total. The van der Waals surface area contributed by atoms with Crippen LogP contribution in [0.5, 0.6) is 5.75 Å². The zero-order valence-electron chi connectivity index (χ0n) is 11.8. The maximum absolute atomic E-state index is 12.2. The first kappa shape index (κ1) is 15.1. The molecular formula is C13H21N3O3. The topological polar surface area (TPSA) is 74.6 Å². The molecule has 1 aromatic rings. The molecule has 2 rings (SSSR count). The molecule has 2 heterocycles. The number of nitrogens with zero attached hydrogens (tertiary/aromatic N) is 2. The summed E-state index contributed by atoms with van der Waals surface area (Å²) in [5.74, 6) is -0.827. The highest BCUT2D eigenvalue weighted by Gasteiger charge is 2.32. The van der Waals surface area contributed by atoms with Crippen molar-refractivity contribution in [1.29, 1.82) is 0 Å². The minimum atomic E-state index is -0.544. The van der Waals surface area contributed by atoms with Crippen molar-refractivity contribution in [2.45, 2.75) is 40.3 Å². The molecule has 0 radical (unpaired) electrons.